The molecule has 1 atom stereocenters. The number of rotatable bonds is 5. The van der Waals surface area contributed by atoms with Gasteiger partial charge in [-0.3, -0.25) is 29.4 Å². The smallest absolute Gasteiger partial charge is 0.264 e. The van der Waals surface area contributed by atoms with E-state index in [1.807, 2.05) is 0 Å². The van der Waals surface area contributed by atoms with Crippen LogP contribution in [0.1, 0.15) is 53.8 Å². The van der Waals surface area contributed by atoms with Crippen molar-refractivity contribution in [3.63, 3.8) is 0 Å². The zero-order chi connectivity index (χ0) is 18.1. The molecular weight excluding hydrogens is 322 g/mol. The SMILES string of the molecule is CC(C)CCNc1cccc2c1C(=O)N(C1CCC(=O)NC1=O)C2=O. The Labute approximate surface area is 145 Å². The van der Waals surface area contributed by atoms with Gasteiger partial charge < -0.3 is 5.32 Å². The molecule has 7 nitrogen and oxygen atoms in total. The summed E-state index contributed by atoms with van der Waals surface area (Å²) in [6.07, 6.45) is 1.21. The Morgan fingerprint density at radius 2 is 1.96 bits per heavy atom. The molecule has 7 heteroatoms. The first kappa shape index (κ1) is 17.1. The van der Waals surface area contributed by atoms with E-state index in [0.717, 1.165) is 11.3 Å². The number of amides is 4. The second-order valence-electron chi connectivity index (χ2n) is 6.78. The summed E-state index contributed by atoms with van der Waals surface area (Å²) in [6.45, 7) is 4.90. The molecule has 3 rings (SSSR count). The van der Waals surface area contributed by atoms with Crippen molar-refractivity contribution in [2.75, 3.05) is 11.9 Å². The van der Waals surface area contributed by atoms with Gasteiger partial charge in [0.1, 0.15) is 6.04 Å². The molecule has 2 N–H and O–H groups in total. The first-order valence-electron chi connectivity index (χ1n) is 8.48. The van der Waals surface area contributed by atoms with E-state index in [9.17, 15) is 19.2 Å². The lowest BCUT2D eigenvalue weighted by atomic mass is 10.0. The Bertz CT molecular complexity index is 757. The molecule has 0 radical (unpaired) electrons. The quantitative estimate of drug-likeness (QED) is 0.791. The van der Waals surface area contributed by atoms with Crippen molar-refractivity contribution in [2.24, 2.45) is 5.92 Å². The molecule has 1 saturated heterocycles. The molecule has 0 bridgehead atoms. The Balaban J connectivity index is 1.86. The first-order valence-corrected chi connectivity index (χ1v) is 8.48. The highest BCUT2D eigenvalue weighted by Crippen LogP contribution is 2.32. The van der Waals surface area contributed by atoms with Crippen molar-refractivity contribution in [1.29, 1.82) is 0 Å². The van der Waals surface area contributed by atoms with Crippen LogP contribution < -0.4 is 10.6 Å². The Kier molecular flexibility index (Phi) is 4.57. The zero-order valence-electron chi connectivity index (χ0n) is 14.3. The van der Waals surface area contributed by atoms with E-state index >= 15 is 0 Å². The maximum Gasteiger partial charge on any atom is 0.264 e. The number of nitrogens with one attached hydrogen (secondary N) is 2. The van der Waals surface area contributed by atoms with Crippen molar-refractivity contribution >= 4 is 29.3 Å². The molecule has 1 aromatic carbocycles. The minimum absolute atomic E-state index is 0.114. The van der Waals surface area contributed by atoms with E-state index in [2.05, 4.69) is 24.5 Å². The van der Waals surface area contributed by atoms with Crippen LogP contribution in [0, 0.1) is 5.92 Å². The summed E-state index contributed by atoms with van der Waals surface area (Å²) in [5.74, 6) is -1.43. The van der Waals surface area contributed by atoms with Crippen LogP contribution in [0.5, 0.6) is 0 Å². The van der Waals surface area contributed by atoms with Crippen molar-refractivity contribution in [3.8, 4) is 0 Å². The van der Waals surface area contributed by atoms with E-state index in [1.54, 1.807) is 18.2 Å². The summed E-state index contributed by atoms with van der Waals surface area (Å²) in [5.41, 5.74) is 1.21. The van der Waals surface area contributed by atoms with Crippen molar-refractivity contribution in [3.05, 3.63) is 29.3 Å². The molecule has 0 saturated carbocycles. The molecule has 25 heavy (non-hydrogen) atoms. The lowest BCUT2D eigenvalue weighted by molar-refractivity contribution is -0.136. The van der Waals surface area contributed by atoms with Gasteiger partial charge in [-0.05, 0) is 30.9 Å². The van der Waals surface area contributed by atoms with Gasteiger partial charge in [-0.2, -0.15) is 0 Å². The second kappa shape index (κ2) is 6.66. The van der Waals surface area contributed by atoms with Crippen molar-refractivity contribution in [1.82, 2.24) is 10.2 Å². The minimum atomic E-state index is -0.936. The number of fused-ring (bicyclic) bond motifs is 1. The van der Waals surface area contributed by atoms with Gasteiger partial charge in [0, 0.05) is 18.7 Å². The highest BCUT2D eigenvalue weighted by Gasteiger charge is 2.45. The molecule has 1 unspecified atom stereocenters. The number of anilines is 1. The lowest BCUT2D eigenvalue weighted by Gasteiger charge is -2.27. The first-order chi connectivity index (χ1) is 11.9. The van der Waals surface area contributed by atoms with E-state index < -0.39 is 23.8 Å². The monoisotopic (exact) mass is 343 g/mol. The third-order valence-corrected chi connectivity index (χ3v) is 4.51. The van der Waals surface area contributed by atoms with Gasteiger partial charge in [-0.1, -0.05) is 19.9 Å². The normalized spacial score (nSPS) is 20.1. The molecule has 1 fully saturated rings. The summed E-state index contributed by atoms with van der Waals surface area (Å²) >= 11 is 0. The van der Waals surface area contributed by atoms with Crippen LogP contribution in [-0.2, 0) is 9.59 Å². The number of hydrogen-bond acceptors (Lipinski definition) is 5. The summed E-state index contributed by atoms with van der Waals surface area (Å²) in [6, 6.07) is 4.14. The van der Waals surface area contributed by atoms with Gasteiger partial charge in [0.25, 0.3) is 11.8 Å². The van der Waals surface area contributed by atoms with Gasteiger partial charge in [0.15, 0.2) is 0 Å². The highest BCUT2D eigenvalue weighted by molar-refractivity contribution is 6.25. The molecule has 4 amide bonds. The van der Waals surface area contributed by atoms with Gasteiger partial charge in [0.2, 0.25) is 11.8 Å². The summed E-state index contributed by atoms with van der Waals surface area (Å²) in [7, 11) is 0. The second-order valence-corrected chi connectivity index (χ2v) is 6.78. The average molecular weight is 343 g/mol. The standard InChI is InChI=1S/C18H21N3O4/c1-10(2)8-9-19-12-5-3-4-11-15(12)18(25)21(17(11)24)13-6-7-14(22)20-16(13)23/h3-5,10,13,19H,6-9H2,1-2H3,(H,20,22,23). The third-order valence-electron chi connectivity index (χ3n) is 4.51. The van der Waals surface area contributed by atoms with E-state index in [0.29, 0.717) is 29.3 Å². The van der Waals surface area contributed by atoms with Crippen LogP contribution >= 0.6 is 0 Å². The summed E-state index contributed by atoms with van der Waals surface area (Å²) in [4.78, 5) is 49.9. The fourth-order valence-corrected chi connectivity index (χ4v) is 3.16. The predicted octanol–water partition coefficient (Wildman–Crippen LogP) is 1.55. The van der Waals surface area contributed by atoms with E-state index in [4.69, 9.17) is 0 Å². The maximum absolute atomic E-state index is 12.9. The Hall–Kier alpha value is -2.70. The number of carbonyl (C=O) groups is 4. The maximum atomic E-state index is 12.9. The average Bonchev–Trinajstić information content (AvgIpc) is 2.80. The summed E-state index contributed by atoms with van der Waals surface area (Å²) < 4.78 is 0. The van der Waals surface area contributed by atoms with Crippen LogP contribution in [0.15, 0.2) is 18.2 Å². The number of nitrogens with zero attached hydrogens (tertiary/aromatic N) is 1. The number of hydrogen-bond donors (Lipinski definition) is 2. The molecule has 2 aliphatic rings. The van der Waals surface area contributed by atoms with Crippen LogP contribution in [0.25, 0.3) is 0 Å². The van der Waals surface area contributed by atoms with E-state index in [1.165, 1.54) is 0 Å². The molecule has 0 spiro atoms. The fourth-order valence-electron chi connectivity index (χ4n) is 3.16. The number of carbonyl (C=O) groups excluding carboxylic acids is 4. The van der Waals surface area contributed by atoms with Crippen LogP contribution in [-0.4, -0.2) is 41.1 Å². The Morgan fingerprint density at radius 3 is 2.64 bits per heavy atom. The van der Waals surface area contributed by atoms with Gasteiger partial charge in [0.05, 0.1) is 11.1 Å². The lowest BCUT2D eigenvalue weighted by Crippen LogP contribution is -2.54. The molecule has 2 aliphatic heterocycles. The van der Waals surface area contributed by atoms with Crippen molar-refractivity contribution in [2.45, 2.75) is 39.2 Å². The van der Waals surface area contributed by atoms with E-state index in [-0.39, 0.29) is 18.7 Å². The van der Waals surface area contributed by atoms with Crippen LogP contribution in [0.2, 0.25) is 0 Å². The van der Waals surface area contributed by atoms with Gasteiger partial charge in [-0.25, -0.2) is 0 Å². The molecular formula is C18H21N3O4. The minimum Gasteiger partial charge on any atom is -0.384 e. The zero-order valence-corrected chi connectivity index (χ0v) is 14.3. The molecule has 132 valence electrons. The number of imide groups is 2. The predicted molar refractivity (Wildman–Crippen MR) is 91.1 cm³/mol. The van der Waals surface area contributed by atoms with Crippen LogP contribution in [0.4, 0.5) is 5.69 Å². The van der Waals surface area contributed by atoms with Gasteiger partial charge >= 0.3 is 0 Å². The highest BCUT2D eigenvalue weighted by atomic mass is 16.2. The summed E-state index contributed by atoms with van der Waals surface area (Å²) in [5, 5.41) is 5.41. The van der Waals surface area contributed by atoms with Crippen molar-refractivity contribution < 1.29 is 19.2 Å². The van der Waals surface area contributed by atoms with Gasteiger partial charge in [-0.15, -0.1) is 0 Å². The molecule has 0 aromatic heterocycles. The third kappa shape index (κ3) is 3.14. The topological polar surface area (TPSA) is 95.6 Å². The Morgan fingerprint density at radius 1 is 1.20 bits per heavy atom. The largest absolute Gasteiger partial charge is 0.384 e. The number of benzene rings is 1. The fraction of sp³-hybridized carbons (Fsp3) is 0.444. The van der Waals surface area contributed by atoms with Crippen LogP contribution in [0.3, 0.4) is 0 Å². The molecule has 2 heterocycles. The molecule has 1 aromatic rings. The number of piperidine rings is 1. The molecule has 0 aliphatic carbocycles.